The van der Waals surface area contributed by atoms with Crippen LogP contribution in [0.3, 0.4) is 0 Å². The van der Waals surface area contributed by atoms with Crippen molar-refractivity contribution in [3.05, 3.63) is 101 Å². The van der Waals surface area contributed by atoms with Crippen molar-refractivity contribution in [2.45, 2.75) is 13.5 Å². The van der Waals surface area contributed by atoms with Crippen LogP contribution >= 0.6 is 0 Å². The minimum absolute atomic E-state index is 0.288. The first-order valence-corrected chi connectivity index (χ1v) is 8.77. The number of hydrazone groups is 1. The second-order valence-corrected chi connectivity index (χ2v) is 6.13. The summed E-state index contributed by atoms with van der Waals surface area (Å²) in [6.45, 7) is 2.23. The van der Waals surface area contributed by atoms with Gasteiger partial charge < -0.3 is 4.74 Å². The molecule has 0 fully saturated rings. The zero-order valence-electron chi connectivity index (χ0n) is 15.4. The second-order valence-electron chi connectivity index (χ2n) is 6.13. The van der Waals surface area contributed by atoms with E-state index in [0.29, 0.717) is 23.4 Å². The van der Waals surface area contributed by atoms with Gasteiger partial charge in [0.25, 0.3) is 5.91 Å². The molecule has 5 heteroatoms. The number of hydrogen-bond acceptors (Lipinski definition) is 4. The zero-order chi connectivity index (χ0) is 19.8. The molecule has 0 saturated carbocycles. The third kappa shape index (κ3) is 5.05. The summed E-state index contributed by atoms with van der Waals surface area (Å²) < 4.78 is 5.69. The number of nitriles is 1. The average Bonchev–Trinajstić information content (AvgIpc) is 2.77. The highest BCUT2D eigenvalue weighted by atomic mass is 16.5. The van der Waals surface area contributed by atoms with Gasteiger partial charge in [-0.15, -0.1) is 0 Å². The summed E-state index contributed by atoms with van der Waals surface area (Å²) in [5, 5.41) is 13.0. The summed E-state index contributed by atoms with van der Waals surface area (Å²) in [5.41, 5.74) is 6.12. The largest absolute Gasteiger partial charge is 0.489 e. The summed E-state index contributed by atoms with van der Waals surface area (Å²) in [5.74, 6) is 0.514. The molecule has 1 amide bonds. The van der Waals surface area contributed by atoms with Crippen LogP contribution in [-0.2, 0) is 6.61 Å². The Kier molecular flexibility index (Phi) is 6.17. The Morgan fingerprint density at radius 3 is 2.25 bits per heavy atom. The maximum atomic E-state index is 12.3. The normalized spacial score (nSPS) is 10.8. The van der Waals surface area contributed by atoms with Crippen LogP contribution in [-0.4, -0.2) is 11.6 Å². The van der Waals surface area contributed by atoms with Crippen molar-refractivity contribution in [3.63, 3.8) is 0 Å². The predicted octanol–water partition coefficient (Wildman–Crippen LogP) is 4.29. The van der Waals surface area contributed by atoms with E-state index in [-0.39, 0.29) is 5.91 Å². The van der Waals surface area contributed by atoms with E-state index in [9.17, 15) is 4.79 Å². The Morgan fingerprint density at radius 1 is 0.964 bits per heavy atom. The van der Waals surface area contributed by atoms with Gasteiger partial charge in [-0.2, -0.15) is 10.4 Å². The van der Waals surface area contributed by atoms with Crippen molar-refractivity contribution in [1.82, 2.24) is 5.43 Å². The van der Waals surface area contributed by atoms with E-state index in [4.69, 9.17) is 10.00 Å². The van der Waals surface area contributed by atoms with E-state index >= 15 is 0 Å². The number of amides is 1. The molecule has 0 atom stereocenters. The van der Waals surface area contributed by atoms with E-state index in [1.807, 2.05) is 42.5 Å². The van der Waals surface area contributed by atoms with Crippen LogP contribution in [0.15, 0.2) is 84.0 Å². The van der Waals surface area contributed by atoms with Gasteiger partial charge in [-0.05, 0) is 54.4 Å². The number of carbonyl (C=O) groups excluding carboxylic acids is 1. The van der Waals surface area contributed by atoms with Gasteiger partial charge in [0.15, 0.2) is 0 Å². The number of hydrogen-bond donors (Lipinski definition) is 1. The highest BCUT2D eigenvalue weighted by Gasteiger charge is 2.06. The fraction of sp³-hybridized carbons (Fsp3) is 0.0870. The van der Waals surface area contributed by atoms with E-state index < -0.39 is 0 Å². The number of para-hydroxylation sites is 1. The Labute approximate surface area is 163 Å². The van der Waals surface area contributed by atoms with Gasteiger partial charge in [0.05, 0.1) is 17.3 Å². The number of nitrogens with zero attached hydrogens (tertiary/aromatic N) is 2. The summed E-state index contributed by atoms with van der Waals surface area (Å²) in [6.07, 6.45) is 0. The van der Waals surface area contributed by atoms with Crippen molar-refractivity contribution in [1.29, 1.82) is 5.26 Å². The van der Waals surface area contributed by atoms with Gasteiger partial charge in [0.2, 0.25) is 0 Å². The summed E-state index contributed by atoms with van der Waals surface area (Å²) in [4.78, 5) is 12.3. The molecule has 28 heavy (non-hydrogen) atoms. The fourth-order valence-electron chi connectivity index (χ4n) is 2.49. The Morgan fingerprint density at radius 2 is 1.61 bits per heavy atom. The number of benzene rings is 3. The maximum Gasteiger partial charge on any atom is 0.271 e. The van der Waals surface area contributed by atoms with Crippen LogP contribution in [0, 0.1) is 11.3 Å². The summed E-state index contributed by atoms with van der Waals surface area (Å²) in [7, 11) is 0. The van der Waals surface area contributed by atoms with Crippen molar-refractivity contribution >= 4 is 11.6 Å². The second kappa shape index (κ2) is 9.15. The molecule has 3 rings (SSSR count). The van der Waals surface area contributed by atoms with Gasteiger partial charge >= 0.3 is 0 Å². The fourth-order valence-corrected chi connectivity index (χ4v) is 2.49. The first kappa shape index (κ1) is 18.9. The van der Waals surface area contributed by atoms with E-state index in [2.05, 4.69) is 16.6 Å². The highest BCUT2D eigenvalue weighted by Crippen LogP contribution is 2.12. The topological polar surface area (TPSA) is 74.5 Å². The van der Waals surface area contributed by atoms with Gasteiger partial charge in [0, 0.05) is 5.56 Å². The highest BCUT2D eigenvalue weighted by molar-refractivity contribution is 6.00. The average molecular weight is 369 g/mol. The lowest BCUT2D eigenvalue weighted by Gasteiger charge is -2.07. The van der Waals surface area contributed by atoms with E-state index in [1.165, 1.54) is 0 Å². The predicted molar refractivity (Wildman–Crippen MR) is 108 cm³/mol. The summed E-state index contributed by atoms with van der Waals surface area (Å²) in [6, 6.07) is 25.9. The molecule has 0 bridgehead atoms. The molecule has 0 aliphatic rings. The van der Waals surface area contributed by atoms with Crippen LogP contribution in [0.1, 0.15) is 34.0 Å². The molecule has 3 aromatic carbocycles. The standard InChI is InChI=1S/C23H19N3O2/c1-17(20-11-7-18(15-24)8-12-20)25-26-23(27)21-13-9-19(10-14-21)16-28-22-5-3-2-4-6-22/h2-14H,16H2,1H3,(H,26,27). The van der Waals surface area contributed by atoms with Crippen molar-refractivity contribution in [2.24, 2.45) is 5.10 Å². The molecule has 3 aromatic rings. The Bertz CT molecular complexity index is 1000. The molecular weight excluding hydrogens is 350 g/mol. The molecule has 0 heterocycles. The molecule has 0 unspecified atom stereocenters. The van der Waals surface area contributed by atoms with Gasteiger partial charge in [-0.25, -0.2) is 5.43 Å². The van der Waals surface area contributed by atoms with Crippen molar-refractivity contribution in [2.75, 3.05) is 0 Å². The molecule has 5 nitrogen and oxygen atoms in total. The molecule has 0 aliphatic heterocycles. The molecular formula is C23H19N3O2. The molecule has 1 N–H and O–H groups in total. The first-order chi connectivity index (χ1) is 13.7. The lowest BCUT2D eigenvalue weighted by molar-refractivity contribution is 0.0955. The van der Waals surface area contributed by atoms with Crippen LogP contribution in [0.25, 0.3) is 0 Å². The number of nitrogens with one attached hydrogen (secondary N) is 1. The molecule has 0 saturated heterocycles. The lowest BCUT2D eigenvalue weighted by Crippen LogP contribution is -2.19. The molecule has 138 valence electrons. The number of ether oxygens (including phenoxy) is 1. The lowest BCUT2D eigenvalue weighted by atomic mass is 10.1. The minimum Gasteiger partial charge on any atom is -0.489 e. The zero-order valence-corrected chi connectivity index (χ0v) is 15.4. The van der Waals surface area contributed by atoms with Crippen LogP contribution in [0.5, 0.6) is 5.75 Å². The minimum atomic E-state index is -0.288. The van der Waals surface area contributed by atoms with Crippen LogP contribution in [0.4, 0.5) is 0 Å². The third-order valence-electron chi connectivity index (χ3n) is 4.12. The summed E-state index contributed by atoms with van der Waals surface area (Å²) >= 11 is 0. The quantitative estimate of drug-likeness (QED) is 0.520. The monoisotopic (exact) mass is 369 g/mol. The third-order valence-corrected chi connectivity index (χ3v) is 4.12. The number of carbonyl (C=O) groups is 1. The van der Waals surface area contributed by atoms with Crippen LogP contribution < -0.4 is 10.2 Å². The smallest absolute Gasteiger partial charge is 0.271 e. The van der Waals surface area contributed by atoms with Gasteiger partial charge in [-0.3, -0.25) is 4.79 Å². The maximum absolute atomic E-state index is 12.3. The van der Waals surface area contributed by atoms with E-state index in [1.54, 1.807) is 43.3 Å². The molecule has 0 radical (unpaired) electrons. The Hall–Kier alpha value is -3.91. The van der Waals surface area contributed by atoms with E-state index in [0.717, 1.165) is 16.9 Å². The molecule has 0 spiro atoms. The van der Waals surface area contributed by atoms with Crippen molar-refractivity contribution < 1.29 is 9.53 Å². The Balaban J connectivity index is 1.57. The molecule has 0 aromatic heterocycles. The van der Waals surface area contributed by atoms with Crippen LogP contribution in [0.2, 0.25) is 0 Å². The first-order valence-electron chi connectivity index (χ1n) is 8.77. The van der Waals surface area contributed by atoms with Gasteiger partial charge in [0.1, 0.15) is 12.4 Å². The van der Waals surface area contributed by atoms with Gasteiger partial charge in [-0.1, -0.05) is 42.5 Å². The molecule has 0 aliphatic carbocycles. The number of rotatable bonds is 6. The van der Waals surface area contributed by atoms with Crippen molar-refractivity contribution in [3.8, 4) is 11.8 Å². The SMILES string of the molecule is CC(=NNC(=O)c1ccc(COc2ccccc2)cc1)c1ccc(C#N)cc1.